The number of carboxylic acid groups (broad SMARTS) is 2. The maximum Gasteiger partial charge on any atom is 0.359 e. The van der Waals surface area contributed by atoms with E-state index in [1.165, 1.54) is 0 Å². The lowest BCUT2D eigenvalue weighted by atomic mass is 10.2. The van der Waals surface area contributed by atoms with E-state index in [1.54, 1.807) is 55.5 Å². The van der Waals surface area contributed by atoms with Gasteiger partial charge >= 0.3 is 23.9 Å². The molecule has 4 aromatic heterocycles. The topological polar surface area (TPSA) is 220 Å². The Hall–Kier alpha value is -5.44. The molecule has 62 heavy (non-hydrogen) atoms. The number of aromatic nitrogens is 8. The minimum absolute atomic E-state index is 0.0521. The van der Waals surface area contributed by atoms with Crippen molar-refractivity contribution in [2.75, 3.05) is 13.2 Å². The van der Waals surface area contributed by atoms with Crippen molar-refractivity contribution >= 4 is 131 Å². The molecule has 16 nitrogen and oxygen atoms in total. The summed E-state index contributed by atoms with van der Waals surface area (Å²) in [6.45, 7) is 12.2. The third-order valence-electron chi connectivity index (χ3n) is 8.02. The van der Waals surface area contributed by atoms with Crippen LogP contribution in [0.25, 0.3) is 43.6 Å². The number of nitrogens with zero attached hydrogens (tertiary/aromatic N) is 6. The van der Waals surface area contributed by atoms with E-state index in [2.05, 4.69) is 94.3 Å². The van der Waals surface area contributed by atoms with Crippen LogP contribution in [0.5, 0.6) is 0 Å². The van der Waals surface area contributed by atoms with Gasteiger partial charge in [0.05, 0.1) is 35.3 Å². The predicted molar refractivity (Wildman–Crippen MR) is 253 cm³/mol. The molecule has 0 fully saturated rings. The summed E-state index contributed by atoms with van der Waals surface area (Å²) in [5.41, 5.74) is 4.09. The number of ether oxygens (including phenoxy) is 2. The fraction of sp³-hybridized carbons (Fsp3) is 0.238. The van der Waals surface area contributed by atoms with E-state index in [0.717, 1.165) is 50.7 Å². The van der Waals surface area contributed by atoms with Gasteiger partial charge in [-0.25, -0.2) is 19.2 Å². The van der Waals surface area contributed by atoms with E-state index in [9.17, 15) is 19.2 Å². The molecule has 0 bridgehead atoms. The van der Waals surface area contributed by atoms with E-state index in [-0.39, 0.29) is 17.4 Å². The number of aryl methyl sites for hydroxylation is 2. The van der Waals surface area contributed by atoms with Crippen LogP contribution in [0.2, 0.25) is 0 Å². The van der Waals surface area contributed by atoms with E-state index >= 15 is 0 Å². The van der Waals surface area contributed by atoms with Crippen LogP contribution in [0.1, 0.15) is 83.5 Å². The number of carbonyl (C=O) groups is 4. The minimum Gasteiger partial charge on any atom is -0.476 e. The molecule has 0 amide bonds. The fourth-order valence-corrected chi connectivity index (χ4v) is 6.92. The molecule has 4 heterocycles. The Kier molecular flexibility index (Phi) is 19.9. The second-order valence-electron chi connectivity index (χ2n) is 11.8. The molecule has 8 aromatic rings. The minimum atomic E-state index is -1.02. The van der Waals surface area contributed by atoms with Gasteiger partial charge in [0.25, 0.3) is 0 Å². The van der Waals surface area contributed by atoms with Crippen LogP contribution >= 0.6 is 63.7 Å². The number of rotatable bonds is 6. The smallest absolute Gasteiger partial charge is 0.359 e. The van der Waals surface area contributed by atoms with Crippen molar-refractivity contribution in [3.63, 3.8) is 0 Å². The second kappa shape index (κ2) is 24.3. The Morgan fingerprint density at radius 2 is 0.871 bits per heavy atom. The van der Waals surface area contributed by atoms with Crippen LogP contribution in [0.4, 0.5) is 0 Å². The Labute approximate surface area is 389 Å². The summed E-state index contributed by atoms with van der Waals surface area (Å²) in [5, 5.41) is 41.6. The number of carboxylic acids is 2. The quantitative estimate of drug-likeness (QED) is 0.114. The van der Waals surface area contributed by atoms with Gasteiger partial charge in [0.15, 0.2) is 22.8 Å². The number of halogens is 4. The second-order valence-corrected chi connectivity index (χ2v) is 15.5. The van der Waals surface area contributed by atoms with Crippen molar-refractivity contribution in [2.24, 2.45) is 14.1 Å². The van der Waals surface area contributed by atoms with Crippen molar-refractivity contribution in [1.82, 2.24) is 40.0 Å². The average Bonchev–Trinajstić information content (AvgIpc) is 4.03. The van der Waals surface area contributed by atoms with E-state index < -0.39 is 17.9 Å². The van der Waals surface area contributed by atoms with Crippen LogP contribution in [0.3, 0.4) is 0 Å². The highest BCUT2D eigenvalue weighted by atomic mass is 79.9. The molecular weight excluding hydrogens is 1060 g/mol. The molecule has 0 radical (unpaired) electrons. The lowest BCUT2D eigenvalue weighted by molar-refractivity contribution is 0.0511. The number of fused-ring (bicyclic) bond motifs is 4. The zero-order chi connectivity index (χ0) is 46.3. The van der Waals surface area contributed by atoms with Gasteiger partial charge in [0.1, 0.15) is 0 Å². The molecule has 0 aliphatic carbocycles. The number of carbonyl (C=O) groups excluding carboxylic acids is 2. The van der Waals surface area contributed by atoms with E-state index in [4.69, 9.17) is 19.7 Å². The van der Waals surface area contributed by atoms with Gasteiger partial charge in [-0.1, -0.05) is 91.4 Å². The first kappa shape index (κ1) is 50.9. The van der Waals surface area contributed by atoms with Gasteiger partial charge in [-0.15, -0.1) is 0 Å². The van der Waals surface area contributed by atoms with Crippen molar-refractivity contribution in [3.05, 3.63) is 113 Å². The van der Waals surface area contributed by atoms with Crippen LogP contribution in [-0.2, 0) is 23.6 Å². The summed E-state index contributed by atoms with van der Waals surface area (Å²) in [5.74, 6) is -2.81. The summed E-state index contributed by atoms with van der Waals surface area (Å²) >= 11 is 13.3. The molecule has 0 unspecified atom stereocenters. The SMILES string of the molecule is CC.CC.CCOC(=O)c1n[nH]c2ccc(Br)cc12.CCOC(=O)c1nn(C)c2ccc(Br)cc12.Cn1nc(C(=O)O)c2cc(Br)ccc21.O=C(O)c1n[nH]c2ccc(Br)cc12. The maximum absolute atomic E-state index is 11.7. The number of benzene rings is 4. The van der Waals surface area contributed by atoms with Gasteiger partial charge in [0, 0.05) is 53.5 Å². The summed E-state index contributed by atoms with van der Waals surface area (Å²) in [6.07, 6.45) is 0. The molecule has 4 N–H and O–H groups in total. The van der Waals surface area contributed by atoms with Crippen LogP contribution in [-0.4, -0.2) is 87.3 Å². The first-order valence-electron chi connectivity index (χ1n) is 19.0. The molecule has 328 valence electrons. The Bertz CT molecular complexity index is 2810. The number of H-pyrrole nitrogens is 2. The summed E-state index contributed by atoms with van der Waals surface area (Å²) in [4.78, 5) is 44.7. The van der Waals surface area contributed by atoms with Crippen LogP contribution in [0, 0.1) is 0 Å². The van der Waals surface area contributed by atoms with Crippen LogP contribution < -0.4 is 0 Å². The molecule has 20 heteroatoms. The molecule has 0 aliphatic heterocycles. The number of aromatic amines is 2. The highest BCUT2D eigenvalue weighted by molar-refractivity contribution is 9.11. The third kappa shape index (κ3) is 12.8. The van der Waals surface area contributed by atoms with Crippen molar-refractivity contribution in [2.45, 2.75) is 41.5 Å². The normalized spacial score (nSPS) is 10.1. The molecule has 0 atom stereocenters. The highest BCUT2D eigenvalue weighted by Crippen LogP contribution is 2.25. The zero-order valence-corrected chi connectivity index (χ0v) is 41.2. The maximum atomic E-state index is 11.7. The highest BCUT2D eigenvalue weighted by Gasteiger charge is 2.18. The Balaban J connectivity index is 0.000000215. The van der Waals surface area contributed by atoms with E-state index in [1.807, 2.05) is 82.3 Å². The largest absolute Gasteiger partial charge is 0.476 e. The summed E-state index contributed by atoms with van der Waals surface area (Å²) in [7, 11) is 3.53. The number of esters is 2. The Morgan fingerprint density at radius 3 is 1.29 bits per heavy atom. The van der Waals surface area contributed by atoms with Crippen molar-refractivity contribution in [3.8, 4) is 0 Å². The molecule has 0 aliphatic rings. The van der Waals surface area contributed by atoms with Gasteiger partial charge in [-0.05, 0) is 86.6 Å². The molecule has 0 saturated carbocycles. The van der Waals surface area contributed by atoms with Crippen LogP contribution in [0.15, 0.2) is 90.7 Å². The van der Waals surface area contributed by atoms with E-state index in [0.29, 0.717) is 35.4 Å². The predicted octanol–water partition coefficient (Wildman–Crippen LogP) is 11.1. The van der Waals surface area contributed by atoms with Crippen molar-refractivity contribution in [1.29, 1.82) is 0 Å². The number of aromatic carboxylic acids is 2. The lowest BCUT2D eigenvalue weighted by Crippen LogP contribution is -2.06. The van der Waals surface area contributed by atoms with Gasteiger partial charge < -0.3 is 19.7 Å². The Morgan fingerprint density at radius 1 is 0.532 bits per heavy atom. The van der Waals surface area contributed by atoms with Crippen molar-refractivity contribution < 1.29 is 38.9 Å². The van der Waals surface area contributed by atoms with Gasteiger partial charge in [-0.3, -0.25) is 19.6 Å². The average molecular weight is 1110 g/mol. The molecule has 0 saturated heterocycles. The first-order chi connectivity index (χ1) is 29.6. The summed E-state index contributed by atoms with van der Waals surface area (Å²) in [6, 6.07) is 22.0. The number of hydrogen-bond acceptors (Lipinski definition) is 10. The first-order valence-corrected chi connectivity index (χ1v) is 22.1. The zero-order valence-electron chi connectivity index (χ0n) is 34.9. The van der Waals surface area contributed by atoms with Gasteiger partial charge in [0.2, 0.25) is 0 Å². The number of nitrogens with one attached hydrogen (secondary N) is 2. The molecule has 4 aromatic carbocycles. The van der Waals surface area contributed by atoms with Gasteiger partial charge in [-0.2, -0.15) is 20.4 Å². The lowest BCUT2D eigenvalue weighted by Gasteiger charge is -1.98. The monoisotopic (exact) mass is 1100 g/mol. The fourth-order valence-electron chi connectivity index (χ4n) is 5.47. The molecule has 8 rings (SSSR count). The standard InChI is InChI=1S/C11H11BrN2O2.C10H9BrN2O2.C9H7BrN2O2.C8H5BrN2O2.2C2H6/c1-3-16-11(15)10-8-6-7(12)4-5-9(8)14(2)13-10;1-2-15-10(14)9-7-5-6(11)3-4-8(7)12-13-9;1-12-7-3-2-5(10)4-6(7)8(11-12)9(13)14;9-4-1-2-6-5(3-4)7(8(12)13)11-10-6;2*1-2/h4-6H,3H2,1-2H3;3-5H,2H2,1H3,(H,12,13);2-4H,1H3,(H,13,14);1-3H,(H,10,11)(H,12,13);2*1-2H3. The molecule has 0 spiro atoms. The molecular formula is C42H44Br4N8O8. The third-order valence-corrected chi connectivity index (χ3v) is 9.99. The number of hydrogen-bond donors (Lipinski definition) is 4. The summed E-state index contributed by atoms with van der Waals surface area (Å²) < 4.78 is 16.6.